The molecule has 3 aliphatic rings. The Kier molecular flexibility index (Phi) is 5.96. The van der Waals surface area contributed by atoms with Crippen molar-refractivity contribution in [2.75, 3.05) is 27.3 Å². The second-order valence-electron chi connectivity index (χ2n) is 9.32. The molecule has 1 unspecified atom stereocenters. The van der Waals surface area contributed by atoms with Gasteiger partial charge in [0.1, 0.15) is 6.04 Å². The van der Waals surface area contributed by atoms with Crippen LogP contribution in [0.25, 0.3) is 0 Å². The van der Waals surface area contributed by atoms with Gasteiger partial charge >= 0.3 is 6.03 Å². The lowest BCUT2D eigenvalue weighted by atomic mass is 9.83. The van der Waals surface area contributed by atoms with Crippen LogP contribution in [-0.2, 0) is 22.7 Å². The van der Waals surface area contributed by atoms with Crippen molar-refractivity contribution in [1.82, 2.24) is 19.7 Å². The summed E-state index contributed by atoms with van der Waals surface area (Å²) in [5, 5.41) is 2.66. The summed E-state index contributed by atoms with van der Waals surface area (Å²) in [6, 6.07) is 9.04. The van der Waals surface area contributed by atoms with Crippen molar-refractivity contribution in [2.24, 2.45) is 5.92 Å². The Morgan fingerprint density at radius 1 is 1.03 bits per heavy atom. The molecule has 35 heavy (non-hydrogen) atoms. The number of imide groups is 1. The molecule has 2 aromatic rings. The Morgan fingerprint density at radius 2 is 1.83 bits per heavy atom. The minimum atomic E-state index is -0.896. The lowest BCUT2D eigenvalue weighted by molar-refractivity contribution is -0.137. The van der Waals surface area contributed by atoms with Gasteiger partial charge in [-0.15, -0.1) is 0 Å². The Balaban J connectivity index is 1.24. The number of hydrogen-bond donors (Lipinski definition) is 1. The van der Waals surface area contributed by atoms with Gasteiger partial charge in [0.05, 0.1) is 27.2 Å². The Bertz CT molecular complexity index is 1240. The second kappa shape index (κ2) is 9.09. The highest BCUT2D eigenvalue weighted by atomic mass is 16.5. The average Bonchev–Trinajstić information content (AvgIpc) is 3.11. The SMILES string of the molecule is COc1ccc(CN2C(=O)NC(CC(=O)N3C[C@H]4C[C@@H](C3)c3cccc(=O)n3C4)C2=O)cc1OC. The molecule has 2 bridgehead atoms. The number of carbonyl (C=O) groups excluding carboxylic acids is 3. The molecule has 1 N–H and O–H groups in total. The number of urea groups is 1. The number of ether oxygens (including phenoxy) is 2. The molecule has 2 saturated heterocycles. The summed E-state index contributed by atoms with van der Waals surface area (Å²) in [4.78, 5) is 53.8. The third-order valence-corrected chi connectivity index (χ3v) is 7.11. The van der Waals surface area contributed by atoms with Gasteiger partial charge in [-0.05, 0) is 36.1 Å². The fraction of sp³-hybridized carbons (Fsp3) is 0.440. The number of likely N-dealkylation sites (tertiary alicyclic amines) is 1. The maximum atomic E-state index is 13.1. The lowest BCUT2D eigenvalue weighted by Crippen LogP contribution is -2.50. The average molecular weight is 481 g/mol. The van der Waals surface area contributed by atoms with E-state index in [0.717, 1.165) is 17.0 Å². The number of benzene rings is 1. The van der Waals surface area contributed by atoms with Gasteiger partial charge in [0.15, 0.2) is 11.5 Å². The number of amides is 4. The maximum Gasteiger partial charge on any atom is 0.325 e. The summed E-state index contributed by atoms with van der Waals surface area (Å²) in [6.45, 7) is 1.70. The number of aromatic nitrogens is 1. The summed E-state index contributed by atoms with van der Waals surface area (Å²) in [6.07, 6.45) is 0.847. The van der Waals surface area contributed by atoms with Crippen molar-refractivity contribution in [3.05, 3.63) is 58.0 Å². The highest BCUT2D eigenvalue weighted by molar-refractivity contribution is 6.05. The van der Waals surface area contributed by atoms with Crippen LogP contribution in [0.4, 0.5) is 4.79 Å². The number of rotatable bonds is 6. The number of pyridine rings is 1. The predicted molar refractivity (Wildman–Crippen MR) is 125 cm³/mol. The van der Waals surface area contributed by atoms with E-state index in [2.05, 4.69) is 5.32 Å². The van der Waals surface area contributed by atoms with Gasteiger partial charge in [0, 0.05) is 37.3 Å². The number of nitrogens with zero attached hydrogens (tertiary/aromatic N) is 3. The van der Waals surface area contributed by atoms with Crippen molar-refractivity contribution < 1.29 is 23.9 Å². The van der Waals surface area contributed by atoms with Crippen molar-refractivity contribution >= 4 is 17.8 Å². The monoisotopic (exact) mass is 480 g/mol. The molecule has 0 aliphatic carbocycles. The smallest absolute Gasteiger partial charge is 0.325 e. The molecule has 1 aromatic heterocycles. The van der Waals surface area contributed by atoms with E-state index in [1.165, 1.54) is 14.2 Å². The molecular formula is C25H28N4O6. The first-order chi connectivity index (χ1) is 16.9. The second-order valence-corrected chi connectivity index (χ2v) is 9.32. The van der Waals surface area contributed by atoms with E-state index in [4.69, 9.17) is 9.47 Å². The van der Waals surface area contributed by atoms with Gasteiger partial charge < -0.3 is 24.3 Å². The zero-order valence-electron chi connectivity index (χ0n) is 19.7. The first-order valence-electron chi connectivity index (χ1n) is 11.7. The van der Waals surface area contributed by atoms with Crippen molar-refractivity contribution in [1.29, 1.82) is 0 Å². The van der Waals surface area contributed by atoms with E-state index in [1.807, 2.05) is 10.6 Å². The Morgan fingerprint density at radius 3 is 2.60 bits per heavy atom. The molecule has 5 rings (SSSR count). The van der Waals surface area contributed by atoms with Gasteiger partial charge in [-0.1, -0.05) is 12.1 Å². The van der Waals surface area contributed by atoms with Crippen LogP contribution in [0, 0.1) is 5.92 Å². The number of piperidine rings is 1. The van der Waals surface area contributed by atoms with Gasteiger partial charge in [-0.3, -0.25) is 19.3 Å². The number of fused-ring (bicyclic) bond motifs is 4. The molecule has 10 nitrogen and oxygen atoms in total. The molecule has 184 valence electrons. The number of hydrogen-bond acceptors (Lipinski definition) is 6. The highest BCUT2D eigenvalue weighted by Gasteiger charge is 2.42. The van der Waals surface area contributed by atoms with Crippen LogP contribution in [0.15, 0.2) is 41.2 Å². The predicted octanol–water partition coefficient (Wildman–Crippen LogP) is 1.32. The van der Waals surface area contributed by atoms with E-state index < -0.39 is 18.0 Å². The molecule has 3 atom stereocenters. The van der Waals surface area contributed by atoms with Crippen LogP contribution in [0.2, 0.25) is 0 Å². The minimum absolute atomic E-state index is 0.00851. The van der Waals surface area contributed by atoms with Crippen LogP contribution in [0.5, 0.6) is 11.5 Å². The van der Waals surface area contributed by atoms with Crippen LogP contribution in [-0.4, -0.2) is 65.6 Å². The first-order valence-corrected chi connectivity index (χ1v) is 11.7. The molecule has 0 saturated carbocycles. The quantitative estimate of drug-likeness (QED) is 0.625. The molecule has 4 heterocycles. The van der Waals surface area contributed by atoms with Crippen LogP contribution in [0.1, 0.15) is 30.0 Å². The van der Waals surface area contributed by atoms with E-state index in [1.54, 1.807) is 35.2 Å². The Hall–Kier alpha value is -3.82. The van der Waals surface area contributed by atoms with E-state index >= 15 is 0 Å². The van der Waals surface area contributed by atoms with Crippen molar-refractivity contribution in [3.63, 3.8) is 0 Å². The summed E-state index contributed by atoms with van der Waals surface area (Å²) < 4.78 is 12.3. The molecule has 4 amide bonds. The zero-order valence-corrected chi connectivity index (χ0v) is 19.7. The molecule has 0 radical (unpaired) electrons. The summed E-state index contributed by atoms with van der Waals surface area (Å²) in [5.41, 5.74) is 1.65. The van der Waals surface area contributed by atoms with Crippen LogP contribution in [0.3, 0.4) is 0 Å². The molecule has 2 fully saturated rings. The molecular weight excluding hydrogens is 452 g/mol. The molecule has 1 aromatic carbocycles. The lowest BCUT2D eigenvalue weighted by Gasteiger charge is -2.43. The molecule has 3 aliphatic heterocycles. The largest absolute Gasteiger partial charge is 0.493 e. The van der Waals surface area contributed by atoms with E-state index in [-0.39, 0.29) is 36.3 Å². The number of carbonyl (C=O) groups is 3. The topological polar surface area (TPSA) is 110 Å². The molecule has 0 spiro atoms. The maximum absolute atomic E-state index is 13.1. The normalized spacial score (nSPS) is 23.1. The zero-order chi connectivity index (χ0) is 24.7. The van der Waals surface area contributed by atoms with Gasteiger partial charge in [-0.2, -0.15) is 0 Å². The number of methoxy groups -OCH3 is 2. The molecule has 10 heteroatoms. The van der Waals surface area contributed by atoms with Crippen LogP contribution < -0.4 is 20.3 Å². The third kappa shape index (κ3) is 4.24. The first kappa shape index (κ1) is 22.9. The van der Waals surface area contributed by atoms with E-state index in [0.29, 0.717) is 36.7 Å². The van der Waals surface area contributed by atoms with Gasteiger partial charge in [0.25, 0.3) is 11.5 Å². The van der Waals surface area contributed by atoms with Crippen molar-refractivity contribution in [3.8, 4) is 11.5 Å². The Labute approximate surface area is 202 Å². The fourth-order valence-electron chi connectivity index (χ4n) is 5.43. The van der Waals surface area contributed by atoms with Gasteiger partial charge in [-0.25, -0.2) is 4.79 Å². The van der Waals surface area contributed by atoms with Crippen LogP contribution >= 0.6 is 0 Å². The third-order valence-electron chi connectivity index (χ3n) is 7.11. The van der Waals surface area contributed by atoms with Crippen molar-refractivity contribution in [2.45, 2.75) is 37.9 Å². The van der Waals surface area contributed by atoms with Gasteiger partial charge in [0.2, 0.25) is 5.91 Å². The minimum Gasteiger partial charge on any atom is -0.493 e. The standard InChI is InChI=1S/C25H28N4O6/c1-34-20-7-6-15(9-21(20)35-2)12-29-24(32)18(26-25(29)33)10-23(31)27-11-16-8-17(14-27)19-4-3-5-22(30)28(19)13-16/h3-7,9,16-18H,8,10-14H2,1-2H3,(H,26,33)/t16-,17+,18?/m1/s1. The highest BCUT2D eigenvalue weighted by Crippen LogP contribution is 2.35. The summed E-state index contributed by atoms with van der Waals surface area (Å²) >= 11 is 0. The summed E-state index contributed by atoms with van der Waals surface area (Å²) in [7, 11) is 3.05. The number of nitrogens with one attached hydrogen (secondary N) is 1. The van der Waals surface area contributed by atoms with E-state index in [9.17, 15) is 19.2 Å². The fourth-order valence-corrected chi connectivity index (χ4v) is 5.43. The summed E-state index contributed by atoms with van der Waals surface area (Å²) in [5.74, 6) is 0.751.